The number of hydrogen-bond acceptors (Lipinski definition) is 4. The van der Waals surface area contributed by atoms with E-state index >= 15 is 0 Å². The van der Waals surface area contributed by atoms with Crippen molar-refractivity contribution in [2.45, 2.75) is 13.8 Å². The molecule has 4 heteroatoms. The SMILES string of the molecule is Cc1ccc(NN(c2ccc(C)cc2)c2ccc(/C=C/c3cccc(-c4ccccc4N)c3N)cc2)cc1. The third-order valence-electron chi connectivity index (χ3n) is 6.58. The Morgan fingerprint density at radius 1 is 0.579 bits per heavy atom. The normalized spacial score (nSPS) is 11.0. The number of benzene rings is 5. The number of anilines is 5. The average molecular weight is 497 g/mol. The van der Waals surface area contributed by atoms with Crippen LogP contribution < -0.4 is 21.9 Å². The minimum atomic E-state index is 0.714. The summed E-state index contributed by atoms with van der Waals surface area (Å²) in [5.41, 5.74) is 27.2. The number of nitrogens with two attached hydrogens (primary N) is 2. The highest BCUT2D eigenvalue weighted by Crippen LogP contribution is 2.33. The van der Waals surface area contributed by atoms with Crippen LogP contribution in [0.25, 0.3) is 23.3 Å². The summed E-state index contributed by atoms with van der Waals surface area (Å²) in [6.07, 6.45) is 4.13. The van der Waals surface area contributed by atoms with Gasteiger partial charge in [0.2, 0.25) is 0 Å². The number of aryl methyl sites for hydroxylation is 2. The molecular formula is C34H32N4. The lowest BCUT2D eigenvalue weighted by molar-refractivity contribution is 1.16. The summed E-state index contributed by atoms with van der Waals surface area (Å²) in [6, 6.07) is 39.2. The molecule has 0 aliphatic carbocycles. The van der Waals surface area contributed by atoms with Crippen LogP contribution in [-0.2, 0) is 0 Å². The zero-order valence-electron chi connectivity index (χ0n) is 21.7. The molecule has 5 aromatic carbocycles. The van der Waals surface area contributed by atoms with Crippen LogP contribution in [0, 0.1) is 13.8 Å². The van der Waals surface area contributed by atoms with Gasteiger partial charge in [-0.05, 0) is 67.4 Å². The van der Waals surface area contributed by atoms with Crippen LogP contribution in [0.15, 0.2) is 115 Å². The van der Waals surface area contributed by atoms with E-state index in [0.717, 1.165) is 39.3 Å². The zero-order chi connectivity index (χ0) is 26.5. The molecule has 0 atom stereocenters. The third kappa shape index (κ3) is 5.55. The van der Waals surface area contributed by atoms with Gasteiger partial charge in [0.05, 0.1) is 17.1 Å². The van der Waals surface area contributed by atoms with Crippen LogP contribution in [0.5, 0.6) is 0 Å². The molecule has 0 heterocycles. The highest BCUT2D eigenvalue weighted by molar-refractivity contribution is 5.90. The maximum atomic E-state index is 6.55. The van der Waals surface area contributed by atoms with E-state index in [2.05, 4.69) is 109 Å². The lowest BCUT2D eigenvalue weighted by atomic mass is 9.98. The average Bonchev–Trinajstić information content (AvgIpc) is 2.94. The molecule has 0 aliphatic rings. The van der Waals surface area contributed by atoms with E-state index in [4.69, 9.17) is 11.5 Å². The predicted molar refractivity (Wildman–Crippen MR) is 164 cm³/mol. The summed E-state index contributed by atoms with van der Waals surface area (Å²) < 4.78 is 0. The molecule has 0 amide bonds. The van der Waals surface area contributed by atoms with Crippen LogP contribution >= 0.6 is 0 Å². The quantitative estimate of drug-likeness (QED) is 0.120. The maximum absolute atomic E-state index is 6.55. The largest absolute Gasteiger partial charge is 0.398 e. The molecule has 5 aromatic rings. The standard InChI is InChI=1S/C34H32N4/c1-24-10-18-28(19-11-24)37-38(29-20-12-25(2)13-21-29)30-22-15-26(16-23-30)14-17-27-6-5-8-32(34(27)36)31-7-3-4-9-33(31)35/h3-23,37H,35-36H2,1-2H3/b17-14+. The minimum Gasteiger partial charge on any atom is -0.398 e. The number of hydrazine groups is 1. The molecular weight excluding hydrogens is 464 g/mol. The number of nitrogens with one attached hydrogen (secondary N) is 1. The van der Waals surface area contributed by atoms with Crippen LogP contribution in [0.2, 0.25) is 0 Å². The predicted octanol–water partition coefficient (Wildman–Crippen LogP) is 8.47. The van der Waals surface area contributed by atoms with Gasteiger partial charge in [-0.15, -0.1) is 0 Å². The van der Waals surface area contributed by atoms with Crippen molar-refractivity contribution < 1.29 is 0 Å². The molecule has 5 N–H and O–H groups in total. The molecule has 0 spiro atoms. The van der Waals surface area contributed by atoms with E-state index in [9.17, 15) is 0 Å². The van der Waals surface area contributed by atoms with Gasteiger partial charge in [-0.2, -0.15) is 0 Å². The van der Waals surface area contributed by atoms with Crippen LogP contribution in [0.1, 0.15) is 22.3 Å². The van der Waals surface area contributed by atoms with Crippen molar-refractivity contribution >= 4 is 40.6 Å². The highest BCUT2D eigenvalue weighted by atomic mass is 15.5. The number of nitrogen functional groups attached to an aromatic ring is 2. The lowest BCUT2D eigenvalue weighted by Crippen LogP contribution is -2.24. The molecule has 0 bridgehead atoms. The van der Waals surface area contributed by atoms with Crippen molar-refractivity contribution in [1.82, 2.24) is 0 Å². The van der Waals surface area contributed by atoms with Gasteiger partial charge in [-0.1, -0.05) is 96.1 Å². The van der Waals surface area contributed by atoms with Crippen molar-refractivity contribution in [3.05, 3.63) is 138 Å². The number of hydrogen-bond donors (Lipinski definition) is 3. The Morgan fingerprint density at radius 3 is 1.82 bits per heavy atom. The van der Waals surface area contributed by atoms with Crippen molar-refractivity contribution in [3.63, 3.8) is 0 Å². The third-order valence-corrected chi connectivity index (χ3v) is 6.58. The Bertz CT molecular complexity index is 1550. The molecule has 0 saturated heterocycles. The fraction of sp³-hybridized carbons (Fsp3) is 0.0588. The van der Waals surface area contributed by atoms with E-state index in [1.54, 1.807) is 0 Å². The van der Waals surface area contributed by atoms with Gasteiger partial charge in [0.1, 0.15) is 0 Å². The molecule has 38 heavy (non-hydrogen) atoms. The lowest BCUT2D eigenvalue weighted by Gasteiger charge is -2.27. The smallest absolute Gasteiger partial charge is 0.0630 e. The second kappa shape index (κ2) is 11.0. The molecule has 0 fully saturated rings. The van der Waals surface area contributed by atoms with Gasteiger partial charge in [0, 0.05) is 22.5 Å². The Balaban J connectivity index is 1.40. The monoisotopic (exact) mass is 496 g/mol. The molecule has 0 saturated carbocycles. The fourth-order valence-electron chi connectivity index (χ4n) is 4.36. The zero-order valence-corrected chi connectivity index (χ0v) is 21.7. The van der Waals surface area contributed by atoms with Gasteiger partial charge >= 0.3 is 0 Å². The summed E-state index contributed by atoms with van der Waals surface area (Å²) >= 11 is 0. The summed E-state index contributed by atoms with van der Waals surface area (Å²) in [7, 11) is 0. The molecule has 4 nitrogen and oxygen atoms in total. The molecule has 188 valence electrons. The van der Waals surface area contributed by atoms with E-state index in [0.29, 0.717) is 11.4 Å². The Hall–Kier alpha value is -4.96. The summed E-state index contributed by atoms with van der Waals surface area (Å²) in [5, 5.41) is 2.10. The first-order valence-corrected chi connectivity index (χ1v) is 12.7. The first-order valence-electron chi connectivity index (χ1n) is 12.7. The van der Waals surface area contributed by atoms with Gasteiger partial charge in [-0.25, -0.2) is 0 Å². The first-order chi connectivity index (χ1) is 18.5. The Kier molecular flexibility index (Phi) is 7.14. The second-order valence-electron chi connectivity index (χ2n) is 9.47. The van der Waals surface area contributed by atoms with E-state index in [-0.39, 0.29) is 0 Å². The fourth-order valence-corrected chi connectivity index (χ4v) is 4.36. The molecule has 0 unspecified atom stereocenters. The molecule has 0 aliphatic heterocycles. The molecule has 0 aromatic heterocycles. The van der Waals surface area contributed by atoms with Crippen molar-refractivity contribution in [2.24, 2.45) is 0 Å². The molecule has 0 radical (unpaired) electrons. The topological polar surface area (TPSA) is 67.3 Å². The Morgan fingerprint density at radius 2 is 1.16 bits per heavy atom. The minimum absolute atomic E-state index is 0.714. The Labute approximate surface area is 224 Å². The molecule has 5 rings (SSSR count). The van der Waals surface area contributed by atoms with Gasteiger partial charge in [-0.3, -0.25) is 10.4 Å². The van der Waals surface area contributed by atoms with Crippen LogP contribution in [0.4, 0.5) is 28.4 Å². The second-order valence-corrected chi connectivity index (χ2v) is 9.47. The van der Waals surface area contributed by atoms with Crippen molar-refractivity contribution in [1.29, 1.82) is 0 Å². The van der Waals surface area contributed by atoms with E-state index in [1.165, 1.54) is 11.1 Å². The van der Waals surface area contributed by atoms with E-state index < -0.39 is 0 Å². The summed E-state index contributed by atoms with van der Waals surface area (Å²) in [6.45, 7) is 4.19. The van der Waals surface area contributed by atoms with Crippen LogP contribution in [-0.4, -0.2) is 0 Å². The summed E-state index contributed by atoms with van der Waals surface area (Å²) in [4.78, 5) is 0. The number of nitrogens with zero attached hydrogens (tertiary/aromatic N) is 1. The van der Waals surface area contributed by atoms with Crippen molar-refractivity contribution in [2.75, 3.05) is 21.9 Å². The highest BCUT2D eigenvalue weighted by Gasteiger charge is 2.11. The first kappa shape index (κ1) is 24.7. The van der Waals surface area contributed by atoms with E-state index in [1.807, 2.05) is 42.5 Å². The van der Waals surface area contributed by atoms with Gasteiger partial charge in [0.15, 0.2) is 0 Å². The van der Waals surface area contributed by atoms with Crippen molar-refractivity contribution in [3.8, 4) is 11.1 Å². The van der Waals surface area contributed by atoms with Crippen LogP contribution in [0.3, 0.4) is 0 Å². The summed E-state index contributed by atoms with van der Waals surface area (Å²) in [5.74, 6) is 0. The number of rotatable bonds is 7. The number of para-hydroxylation sites is 2. The maximum Gasteiger partial charge on any atom is 0.0630 e. The van der Waals surface area contributed by atoms with Gasteiger partial charge < -0.3 is 11.5 Å². The van der Waals surface area contributed by atoms with Gasteiger partial charge in [0.25, 0.3) is 0 Å².